The summed E-state index contributed by atoms with van der Waals surface area (Å²) in [5.74, 6) is 0.569. The summed E-state index contributed by atoms with van der Waals surface area (Å²) in [5.41, 5.74) is 0. The molecule has 0 atom stereocenters. The van der Waals surface area contributed by atoms with Gasteiger partial charge >= 0.3 is 0 Å². The SMILES string of the molecule is C=O.OCCS. The van der Waals surface area contributed by atoms with Crippen molar-refractivity contribution >= 4 is 19.4 Å². The van der Waals surface area contributed by atoms with Crippen LogP contribution in [0.25, 0.3) is 0 Å². The maximum atomic E-state index is 8.00. The molecule has 0 spiro atoms. The summed E-state index contributed by atoms with van der Waals surface area (Å²) >= 11 is 3.67. The van der Waals surface area contributed by atoms with E-state index < -0.39 is 0 Å². The van der Waals surface area contributed by atoms with Gasteiger partial charge in [0.05, 0.1) is 6.61 Å². The molecule has 0 aromatic rings. The van der Waals surface area contributed by atoms with E-state index >= 15 is 0 Å². The van der Waals surface area contributed by atoms with E-state index in [0.29, 0.717) is 5.75 Å². The van der Waals surface area contributed by atoms with Crippen molar-refractivity contribution in [1.29, 1.82) is 0 Å². The van der Waals surface area contributed by atoms with Crippen molar-refractivity contribution in [3.8, 4) is 0 Å². The Labute approximate surface area is 42.6 Å². The van der Waals surface area contributed by atoms with Crippen LogP contribution in [0.5, 0.6) is 0 Å². The lowest BCUT2D eigenvalue weighted by Gasteiger charge is -1.69. The maximum Gasteiger partial charge on any atom is 0.106 e. The fourth-order valence-electron chi connectivity index (χ4n) is 0. The van der Waals surface area contributed by atoms with Crippen molar-refractivity contribution in [3.05, 3.63) is 0 Å². The lowest BCUT2D eigenvalue weighted by Crippen LogP contribution is -1.76. The number of hydrogen-bond acceptors (Lipinski definition) is 3. The van der Waals surface area contributed by atoms with E-state index in [1.807, 2.05) is 6.79 Å². The van der Waals surface area contributed by atoms with Crippen LogP contribution in [-0.4, -0.2) is 24.3 Å². The molecule has 0 heterocycles. The highest BCUT2D eigenvalue weighted by atomic mass is 32.1. The topological polar surface area (TPSA) is 37.3 Å². The fourth-order valence-corrected chi connectivity index (χ4v) is 0. The minimum Gasteiger partial charge on any atom is -0.396 e. The number of carbonyl (C=O) groups is 1. The molecule has 0 bridgehead atoms. The van der Waals surface area contributed by atoms with Gasteiger partial charge in [0.25, 0.3) is 0 Å². The zero-order valence-electron chi connectivity index (χ0n) is 3.42. The van der Waals surface area contributed by atoms with Gasteiger partial charge in [0.1, 0.15) is 6.79 Å². The molecule has 0 aliphatic heterocycles. The molecule has 0 amide bonds. The molecule has 1 N–H and O–H groups in total. The van der Waals surface area contributed by atoms with Crippen molar-refractivity contribution in [2.24, 2.45) is 0 Å². The summed E-state index contributed by atoms with van der Waals surface area (Å²) in [6.45, 7) is 2.18. The molecule has 2 nitrogen and oxygen atoms in total. The zero-order valence-corrected chi connectivity index (χ0v) is 4.32. The predicted octanol–water partition coefficient (Wildman–Crippen LogP) is -0.276. The molecule has 0 aromatic carbocycles. The standard InChI is InChI=1S/C2H6OS.CH2O/c3-1-2-4;1-2/h3-4H,1-2H2;1H2. The van der Waals surface area contributed by atoms with E-state index in [4.69, 9.17) is 9.90 Å². The van der Waals surface area contributed by atoms with Gasteiger partial charge in [0, 0.05) is 5.75 Å². The average molecular weight is 108 g/mol. The van der Waals surface area contributed by atoms with Gasteiger partial charge in [-0.1, -0.05) is 0 Å². The summed E-state index contributed by atoms with van der Waals surface area (Å²) < 4.78 is 0. The van der Waals surface area contributed by atoms with E-state index in [1.54, 1.807) is 0 Å². The lowest BCUT2D eigenvalue weighted by molar-refractivity contribution is -0.0979. The normalized spacial score (nSPS) is 5.67. The monoisotopic (exact) mass is 108 g/mol. The van der Waals surface area contributed by atoms with Crippen LogP contribution in [0.1, 0.15) is 0 Å². The number of hydrogen-bond donors (Lipinski definition) is 2. The van der Waals surface area contributed by atoms with E-state index in [1.165, 1.54) is 0 Å². The van der Waals surface area contributed by atoms with Crippen molar-refractivity contribution in [2.45, 2.75) is 0 Å². The number of rotatable bonds is 1. The minimum atomic E-state index is 0.184. The van der Waals surface area contributed by atoms with Gasteiger partial charge in [-0.3, -0.25) is 0 Å². The Morgan fingerprint density at radius 2 is 1.83 bits per heavy atom. The van der Waals surface area contributed by atoms with Crippen molar-refractivity contribution in [3.63, 3.8) is 0 Å². The molecule has 0 rings (SSSR count). The first-order chi connectivity index (χ1) is 2.91. The lowest BCUT2D eigenvalue weighted by atomic mass is 10.9. The smallest absolute Gasteiger partial charge is 0.106 e. The highest BCUT2D eigenvalue weighted by Crippen LogP contribution is 1.61. The third kappa shape index (κ3) is 36.8. The maximum absolute atomic E-state index is 8.00. The van der Waals surface area contributed by atoms with Crippen LogP contribution in [0.15, 0.2) is 0 Å². The van der Waals surface area contributed by atoms with Crippen LogP contribution in [-0.2, 0) is 4.79 Å². The summed E-state index contributed by atoms with van der Waals surface area (Å²) in [6.07, 6.45) is 0. The zero-order chi connectivity index (χ0) is 5.41. The molecule has 0 saturated heterocycles. The third-order valence-corrected chi connectivity index (χ3v) is 0.300. The Balaban J connectivity index is 0. The first-order valence-corrected chi connectivity index (χ1v) is 2.05. The summed E-state index contributed by atoms with van der Waals surface area (Å²) in [7, 11) is 0. The van der Waals surface area contributed by atoms with Crippen LogP contribution in [0, 0.1) is 0 Å². The molecule has 3 heteroatoms. The van der Waals surface area contributed by atoms with E-state index in [2.05, 4.69) is 12.6 Å². The average Bonchev–Trinajstić information content (AvgIpc) is 1.72. The Bertz CT molecular complexity index is 16.3. The summed E-state index contributed by atoms with van der Waals surface area (Å²) in [4.78, 5) is 8.00. The van der Waals surface area contributed by atoms with Crippen LogP contribution in [0.4, 0.5) is 0 Å². The van der Waals surface area contributed by atoms with Crippen LogP contribution < -0.4 is 0 Å². The number of aliphatic hydroxyl groups is 1. The Morgan fingerprint density at radius 3 is 1.83 bits per heavy atom. The van der Waals surface area contributed by atoms with Crippen LogP contribution >= 0.6 is 12.6 Å². The van der Waals surface area contributed by atoms with E-state index in [9.17, 15) is 0 Å². The van der Waals surface area contributed by atoms with Gasteiger partial charge in [-0.05, 0) is 0 Å². The number of aliphatic hydroxyl groups excluding tert-OH is 1. The molecule has 0 aliphatic carbocycles. The highest BCUT2D eigenvalue weighted by molar-refractivity contribution is 7.80. The van der Waals surface area contributed by atoms with Crippen molar-refractivity contribution in [2.75, 3.05) is 12.4 Å². The Hall–Kier alpha value is -0.0200. The molecular formula is C3H8O2S. The molecule has 0 aliphatic rings. The molecular weight excluding hydrogens is 100 g/mol. The first-order valence-electron chi connectivity index (χ1n) is 1.42. The largest absolute Gasteiger partial charge is 0.396 e. The second-order valence-electron chi connectivity index (χ2n) is 0.447. The molecule has 0 fully saturated rings. The summed E-state index contributed by atoms with van der Waals surface area (Å²) in [6, 6.07) is 0. The van der Waals surface area contributed by atoms with E-state index in [-0.39, 0.29) is 6.61 Å². The molecule has 0 saturated carbocycles. The van der Waals surface area contributed by atoms with Crippen LogP contribution in [0.3, 0.4) is 0 Å². The molecule has 0 radical (unpaired) electrons. The highest BCUT2D eigenvalue weighted by Gasteiger charge is 1.57. The van der Waals surface area contributed by atoms with Crippen LogP contribution in [0.2, 0.25) is 0 Å². The second-order valence-corrected chi connectivity index (χ2v) is 0.894. The second kappa shape index (κ2) is 20.1. The van der Waals surface area contributed by atoms with Gasteiger partial charge in [-0.15, -0.1) is 0 Å². The Morgan fingerprint density at radius 1 is 1.67 bits per heavy atom. The Kier molecular flexibility index (Phi) is 31.4. The van der Waals surface area contributed by atoms with Gasteiger partial charge in [0.15, 0.2) is 0 Å². The number of thiol groups is 1. The summed E-state index contributed by atoms with van der Waals surface area (Å²) in [5, 5.41) is 7.80. The minimum absolute atomic E-state index is 0.184. The molecule has 6 heavy (non-hydrogen) atoms. The van der Waals surface area contributed by atoms with Gasteiger partial charge in [-0.2, -0.15) is 12.6 Å². The van der Waals surface area contributed by atoms with E-state index in [0.717, 1.165) is 0 Å². The van der Waals surface area contributed by atoms with Crippen molar-refractivity contribution < 1.29 is 9.90 Å². The van der Waals surface area contributed by atoms with Crippen molar-refractivity contribution in [1.82, 2.24) is 0 Å². The molecule has 0 aromatic heterocycles. The third-order valence-electron chi connectivity index (χ3n) is 0.1000. The van der Waals surface area contributed by atoms with Gasteiger partial charge in [-0.25, -0.2) is 0 Å². The first kappa shape index (κ1) is 9.36. The molecule has 0 unspecified atom stereocenters. The van der Waals surface area contributed by atoms with Gasteiger partial charge in [0.2, 0.25) is 0 Å². The fraction of sp³-hybridized carbons (Fsp3) is 0.667. The molecule has 38 valence electrons. The quantitative estimate of drug-likeness (QED) is 0.453. The number of carbonyl (C=O) groups excluding carboxylic acids is 1. The predicted molar refractivity (Wildman–Crippen MR) is 28.1 cm³/mol. The van der Waals surface area contributed by atoms with Gasteiger partial charge < -0.3 is 9.90 Å².